The van der Waals surface area contributed by atoms with Gasteiger partial charge in [0.2, 0.25) is 0 Å². The Morgan fingerprint density at radius 1 is 1.26 bits per heavy atom. The lowest BCUT2D eigenvalue weighted by Gasteiger charge is -2.54. The average Bonchev–Trinajstić information content (AvgIpc) is 2.48. The number of hydrogen-bond donors (Lipinski definition) is 1. The van der Waals surface area contributed by atoms with E-state index in [1.165, 1.54) is 0 Å². The summed E-state index contributed by atoms with van der Waals surface area (Å²) < 4.78 is 0.965. The van der Waals surface area contributed by atoms with Crippen molar-refractivity contribution in [1.29, 1.82) is 0 Å². The van der Waals surface area contributed by atoms with E-state index < -0.39 is 6.10 Å². The Morgan fingerprint density at radius 3 is 2.47 bits per heavy atom. The SMILES string of the molecule is O[C@@H](c1ccccc1)[C@H]1C[N+]2(CCl)CCN1CC2.[Cl-]. The Bertz CT molecular complexity index is 407. The number of benzene rings is 1. The van der Waals surface area contributed by atoms with Crippen molar-refractivity contribution < 1.29 is 22.0 Å². The second kappa shape index (κ2) is 5.98. The van der Waals surface area contributed by atoms with E-state index in [0.29, 0.717) is 6.00 Å². The molecule has 3 nitrogen and oxygen atoms in total. The zero-order valence-corrected chi connectivity index (χ0v) is 12.4. The van der Waals surface area contributed by atoms with Crippen LogP contribution in [0.1, 0.15) is 11.7 Å². The van der Waals surface area contributed by atoms with Crippen LogP contribution in [0, 0.1) is 0 Å². The Hall–Kier alpha value is -0.320. The highest BCUT2D eigenvalue weighted by Gasteiger charge is 2.46. The smallest absolute Gasteiger partial charge is 0.155 e. The maximum atomic E-state index is 10.6. The minimum absolute atomic E-state index is 0. The summed E-state index contributed by atoms with van der Waals surface area (Å²) in [4.78, 5) is 2.42. The molecule has 5 heteroatoms. The molecule has 106 valence electrons. The predicted octanol–water partition coefficient (Wildman–Crippen LogP) is -1.57. The highest BCUT2D eigenvalue weighted by atomic mass is 35.5. The van der Waals surface area contributed by atoms with E-state index in [2.05, 4.69) is 4.90 Å². The van der Waals surface area contributed by atoms with Crippen LogP contribution in [-0.4, -0.2) is 59.3 Å². The fraction of sp³-hybridized carbons (Fsp3) is 0.571. The fourth-order valence-corrected chi connectivity index (χ4v) is 3.61. The third-order valence-electron chi connectivity index (χ3n) is 4.53. The Kier molecular flexibility index (Phi) is 4.75. The Labute approximate surface area is 125 Å². The van der Waals surface area contributed by atoms with E-state index in [0.717, 1.165) is 42.8 Å². The zero-order valence-electron chi connectivity index (χ0n) is 10.9. The highest BCUT2D eigenvalue weighted by Crippen LogP contribution is 2.31. The molecule has 0 radical (unpaired) electrons. The van der Waals surface area contributed by atoms with Crippen LogP contribution in [0.15, 0.2) is 30.3 Å². The van der Waals surface area contributed by atoms with Gasteiger partial charge in [0, 0.05) is 13.1 Å². The lowest BCUT2D eigenvalue weighted by Crippen LogP contribution is -3.00. The van der Waals surface area contributed by atoms with Crippen molar-refractivity contribution in [1.82, 2.24) is 4.90 Å². The lowest BCUT2D eigenvalue weighted by molar-refractivity contribution is -0.935. The number of fused-ring (bicyclic) bond motifs is 3. The first-order chi connectivity index (χ1) is 8.74. The average molecular weight is 303 g/mol. The van der Waals surface area contributed by atoms with Gasteiger partial charge in [-0.15, -0.1) is 0 Å². The lowest BCUT2D eigenvalue weighted by atomic mass is 9.95. The number of rotatable bonds is 3. The molecule has 3 saturated heterocycles. The van der Waals surface area contributed by atoms with Crippen molar-refractivity contribution in [2.24, 2.45) is 0 Å². The number of quaternary nitrogens is 1. The minimum atomic E-state index is -0.396. The number of aliphatic hydroxyl groups excluding tert-OH is 1. The summed E-state index contributed by atoms with van der Waals surface area (Å²) in [5, 5.41) is 10.6. The first-order valence-electron chi connectivity index (χ1n) is 6.62. The summed E-state index contributed by atoms with van der Waals surface area (Å²) in [6.45, 7) is 5.34. The van der Waals surface area contributed by atoms with Crippen LogP contribution in [-0.2, 0) is 0 Å². The van der Waals surface area contributed by atoms with Crippen molar-refractivity contribution in [2.75, 3.05) is 38.7 Å². The molecule has 2 atom stereocenters. The molecule has 3 aliphatic heterocycles. The molecule has 0 spiro atoms. The number of halogens is 2. The highest BCUT2D eigenvalue weighted by molar-refractivity contribution is 6.17. The molecule has 3 fully saturated rings. The molecular weight excluding hydrogens is 283 g/mol. The van der Waals surface area contributed by atoms with Crippen LogP contribution in [0.3, 0.4) is 0 Å². The topological polar surface area (TPSA) is 23.5 Å². The van der Waals surface area contributed by atoms with E-state index in [1.54, 1.807) is 0 Å². The number of alkyl halides is 1. The van der Waals surface area contributed by atoms with Gasteiger partial charge in [0.15, 0.2) is 6.00 Å². The zero-order chi connectivity index (χ0) is 12.6. The van der Waals surface area contributed by atoms with Gasteiger partial charge in [-0.3, -0.25) is 4.90 Å². The molecule has 1 aromatic rings. The second-order valence-electron chi connectivity index (χ2n) is 5.55. The molecule has 0 unspecified atom stereocenters. The van der Waals surface area contributed by atoms with E-state index in [1.807, 2.05) is 30.3 Å². The summed E-state index contributed by atoms with van der Waals surface area (Å²) in [6, 6.07) is 10.9. The fourth-order valence-electron chi connectivity index (χ4n) is 3.27. The largest absolute Gasteiger partial charge is 1.00 e. The maximum Gasteiger partial charge on any atom is 0.155 e. The summed E-state index contributed by atoms with van der Waals surface area (Å²) in [7, 11) is 0. The van der Waals surface area contributed by atoms with Gasteiger partial charge in [0.1, 0.15) is 0 Å². The molecule has 1 N–H and O–H groups in total. The van der Waals surface area contributed by atoms with Crippen molar-refractivity contribution in [3.05, 3.63) is 35.9 Å². The third-order valence-corrected chi connectivity index (χ3v) is 5.03. The predicted molar refractivity (Wildman–Crippen MR) is 72.3 cm³/mol. The molecule has 0 aliphatic carbocycles. The van der Waals surface area contributed by atoms with Gasteiger partial charge < -0.3 is 22.0 Å². The molecular formula is C14H20Cl2N2O. The maximum absolute atomic E-state index is 10.6. The molecule has 1 aromatic carbocycles. The van der Waals surface area contributed by atoms with Crippen LogP contribution < -0.4 is 12.4 Å². The van der Waals surface area contributed by atoms with Crippen molar-refractivity contribution in [3.8, 4) is 0 Å². The molecule has 3 aliphatic rings. The first kappa shape index (κ1) is 15.1. The first-order valence-corrected chi connectivity index (χ1v) is 7.16. The van der Waals surface area contributed by atoms with Crippen LogP contribution in [0.5, 0.6) is 0 Å². The van der Waals surface area contributed by atoms with Gasteiger partial charge >= 0.3 is 0 Å². The normalized spacial score (nSPS) is 34.6. The van der Waals surface area contributed by atoms with Crippen LogP contribution in [0.2, 0.25) is 0 Å². The minimum Gasteiger partial charge on any atom is -1.00 e. The van der Waals surface area contributed by atoms with Gasteiger partial charge in [-0.1, -0.05) is 41.9 Å². The number of piperazine rings is 3. The number of aliphatic hydroxyl groups is 1. The quantitative estimate of drug-likeness (QED) is 0.415. The Balaban J connectivity index is 0.00000133. The van der Waals surface area contributed by atoms with Gasteiger partial charge in [0.25, 0.3) is 0 Å². The third kappa shape index (κ3) is 2.76. The summed E-state index contributed by atoms with van der Waals surface area (Å²) in [5.41, 5.74) is 1.02. The van der Waals surface area contributed by atoms with E-state index >= 15 is 0 Å². The van der Waals surface area contributed by atoms with E-state index in [-0.39, 0.29) is 18.4 Å². The van der Waals surface area contributed by atoms with Crippen LogP contribution in [0.4, 0.5) is 0 Å². The van der Waals surface area contributed by atoms with Crippen molar-refractivity contribution in [2.45, 2.75) is 12.1 Å². The van der Waals surface area contributed by atoms with E-state index in [4.69, 9.17) is 11.6 Å². The van der Waals surface area contributed by atoms with Crippen molar-refractivity contribution >= 4 is 11.6 Å². The van der Waals surface area contributed by atoms with Gasteiger partial charge in [0.05, 0.1) is 31.8 Å². The molecule has 3 heterocycles. The van der Waals surface area contributed by atoms with Gasteiger partial charge in [-0.05, 0) is 5.56 Å². The van der Waals surface area contributed by atoms with Gasteiger partial charge in [-0.25, -0.2) is 0 Å². The summed E-state index contributed by atoms with van der Waals surface area (Å²) in [6.07, 6.45) is -0.396. The van der Waals surface area contributed by atoms with Gasteiger partial charge in [-0.2, -0.15) is 0 Å². The summed E-state index contributed by atoms with van der Waals surface area (Å²) >= 11 is 6.15. The standard InChI is InChI=1S/C14H20ClN2O.ClH/c15-11-17-8-6-16(7-9-17)13(10-17)14(18)12-4-2-1-3-5-12;/h1-5,13-14,18H,6-11H2;1H/q+1;/p-1/t13-,14+;/m1./s1. The molecule has 19 heavy (non-hydrogen) atoms. The molecule has 0 aromatic heterocycles. The number of hydrogen-bond acceptors (Lipinski definition) is 2. The number of nitrogens with zero attached hydrogens (tertiary/aromatic N) is 2. The molecule has 0 saturated carbocycles. The molecule has 0 amide bonds. The van der Waals surface area contributed by atoms with Crippen LogP contribution >= 0.6 is 11.6 Å². The second-order valence-corrected chi connectivity index (χ2v) is 5.79. The Morgan fingerprint density at radius 2 is 1.89 bits per heavy atom. The monoisotopic (exact) mass is 302 g/mol. The molecule has 2 bridgehead atoms. The van der Waals surface area contributed by atoms with E-state index in [9.17, 15) is 5.11 Å². The van der Waals surface area contributed by atoms with Crippen molar-refractivity contribution in [3.63, 3.8) is 0 Å². The molecule has 4 rings (SSSR count). The summed E-state index contributed by atoms with van der Waals surface area (Å²) in [5.74, 6) is 0. The van der Waals surface area contributed by atoms with Crippen LogP contribution in [0.25, 0.3) is 0 Å².